The smallest absolute Gasteiger partial charge is 0.274 e. The number of hydrogen-bond acceptors (Lipinski definition) is 6. The van der Waals surface area contributed by atoms with Gasteiger partial charge in [-0.2, -0.15) is 5.10 Å². The van der Waals surface area contributed by atoms with E-state index in [9.17, 15) is 23.3 Å². The van der Waals surface area contributed by atoms with Crippen LogP contribution in [0.15, 0.2) is 36.5 Å². The fraction of sp³-hybridized carbons (Fsp3) is 0.412. The Bertz CT molecular complexity index is 987. The molecule has 1 aliphatic heterocycles. The van der Waals surface area contributed by atoms with E-state index < -0.39 is 14.9 Å². The van der Waals surface area contributed by atoms with Gasteiger partial charge in [-0.05, 0) is 25.0 Å². The average molecular weight is 407 g/mol. The topological polar surface area (TPSA) is 127 Å². The Balaban J connectivity index is 1.68. The van der Waals surface area contributed by atoms with Crippen LogP contribution >= 0.6 is 0 Å². The van der Waals surface area contributed by atoms with Crippen molar-refractivity contribution in [1.29, 1.82) is 0 Å². The molecule has 2 aromatic rings. The van der Waals surface area contributed by atoms with Gasteiger partial charge >= 0.3 is 0 Å². The third kappa shape index (κ3) is 4.54. The van der Waals surface area contributed by atoms with Crippen LogP contribution in [0.1, 0.15) is 30.3 Å². The summed E-state index contributed by atoms with van der Waals surface area (Å²) in [6.45, 7) is 2.51. The van der Waals surface area contributed by atoms with Crippen molar-refractivity contribution in [1.82, 2.24) is 19.4 Å². The number of rotatable bonds is 7. The summed E-state index contributed by atoms with van der Waals surface area (Å²) in [5.41, 5.74) is 0.603. The maximum atomic E-state index is 12.7. The highest BCUT2D eigenvalue weighted by Gasteiger charge is 2.30. The van der Waals surface area contributed by atoms with E-state index in [1.807, 2.05) is 0 Å². The number of nitro groups is 1. The summed E-state index contributed by atoms with van der Waals surface area (Å²) in [5, 5.41) is 15.1. The standard InChI is InChI=1S/C17H21N5O5S/c1-2-10-28(26,27)19-13-6-8-20(12-13)17(23)16-7-9-21(18-16)14-4-3-5-15(11-14)22(24)25/h3-5,7,9,11,13,19H,2,6,8,10,12H2,1H3/t13-/m1/s1. The summed E-state index contributed by atoms with van der Waals surface area (Å²) < 4.78 is 27.8. The van der Waals surface area contributed by atoms with E-state index in [0.29, 0.717) is 25.1 Å². The zero-order valence-electron chi connectivity index (χ0n) is 15.3. The molecular formula is C17H21N5O5S. The van der Waals surface area contributed by atoms with Gasteiger partial charge < -0.3 is 4.90 Å². The molecule has 0 spiro atoms. The number of benzene rings is 1. The molecule has 1 amide bonds. The van der Waals surface area contributed by atoms with E-state index in [4.69, 9.17) is 0 Å². The summed E-state index contributed by atoms with van der Waals surface area (Å²) in [6, 6.07) is 7.18. The van der Waals surface area contributed by atoms with E-state index >= 15 is 0 Å². The molecule has 1 aromatic carbocycles. The highest BCUT2D eigenvalue weighted by molar-refractivity contribution is 7.89. The molecule has 11 heteroatoms. The lowest BCUT2D eigenvalue weighted by Crippen LogP contribution is -2.39. The molecule has 1 fully saturated rings. The Hall–Kier alpha value is -2.79. The first-order valence-corrected chi connectivity index (χ1v) is 10.5. The third-order valence-electron chi connectivity index (χ3n) is 4.41. The van der Waals surface area contributed by atoms with Crippen molar-refractivity contribution in [2.45, 2.75) is 25.8 Å². The van der Waals surface area contributed by atoms with E-state index in [2.05, 4.69) is 9.82 Å². The average Bonchev–Trinajstić information content (AvgIpc) is 3.30. The third-order valence-corrected chi connectivity index (χ3v) is 6.05. The molecule has 0 bridgehead atoms. The molecule has 10 nitrogen and oxygen atoms in total. The van der Waals surface area contributed by atoms with Crippen LogP contribution in [0, 0.1) is 10.1 Å². The first-order valence-electron chi connectivity index (χ1n) is 8.89. The van der Waals surface area contributed by atoms with Gasteiger partial charge in [-0.3, -0.25) is 14.9 Å². The summed E-state index contributed by atoms with van der Waals surface area (Å²) >= 11 is 0. The molecule has 0 radical (unpaired) electrons. The molecule has 2 heterocycles. The van der Waals surface area contributed by atoms with Gasteiger partial charge in [0.25, 0.3) is 11.6 Å². The molecule has 150 valence electrons. The molecule has 1 N–H and O–H groups in total. The first-order chi connectivity index (χ1) is 13.3. The minimum Gasteiger partial charge on any atom is -0.336 e. The molecule has 1 aromatic heterocycles. The Morgan fingerprint density at radius 2 is 2.18 bits per heavy atom. The predicted molar refractivity (Wildman–Crippen MR) is 102 cm³/mol. The van der Waals surface area contributed by atoms with Gasteiger partial charge in [0.1, 0.15) is 0 Å². The van der Waals surface area contributed by atoms with Crippen LogP contribution in [0.3, 0.4) is 0 Å². The van der Waals surface area contributed by atoms with Crippen molar-refractivity contribution in [3.05, 3.63) is 52.3 Å². The van der Waals surface area contributed by atoms with E-state index in [0.717, 1.165) is 0 Å². The minimum absolute atomic E-state index is 0.0606. The molecule has 0 saturated carbocycles. The lowest BCUT2D eigenvalue weighted by Gasteiger charge is -2.16. The number of aromatic nitrogens is 2. The van der Waals surface area contributed by atoms with Crippen molar-refractivity contribution in [3.63, 3.8) is 0 Å². The molecule has 0 unspecified atom stereocenters. The molecule has 1 aliphatic rings. The largest absolute Gasteiger partial charge is 0.336 e. The second kappa shape index (κ2) is 8.07. The van der Waals surface area contributed by atoms with Gasteiger partial charge in [0.05, 0.1) is 16.4 Å². The Morgan fingerprint density at radius 3 is 2.89 bits per heavy atom. The van der Waals surface area contributed by atoms with Crippen LogP contribution in [0.2, 0.25) is 0 Å². The van der Waals surface area contributed by atoms with Crippen molar-refractivity contribution >= 4 is 21.6 Å². The molecule has 0 aliphatic carbocycles. The summed E-state index contributed by atoms with van der Waals surface area (Å²) in [4.78, 5) is 24.6. The number of nitrogens with one attached hydrogen (secondary N) is 1. The lowest BCUT2D eigenvalue weighted by molar-refractivity contribution is -0.384. The number of sulfonamides is 1. The fourth-order valence-electron chi connectivity index (χ4n) is 3.12. The predicted octanol–water partition coefficient (Wildman–Crippen LogP) is 1.32. The zero-order valence-corrected chi connectivity index (χ0v) is 16.1. The number of nitrogens with zero attached hydrogens (tertiary/aromatic N) is 4. The summed E-state index contributed by atoms with van der Waals surface area (Å²) in [5.74, 6) is -0.244. The van der Waals surface area contributed by atoms with Crippen LogP contribution in [0.5, 0.6) is 0 Å². The quantitative estimate of drug-likeness (QED) is 0.545. The van der Waals surface area contributed by atoms with Gasteiger partial charge in [0.2, 0.25) is 10.0 Å². The molecule has 1 atom stereocenters. The lowest BCUT2D eigenvalue weighted by atomic mass is 10.3. The highest BCUT2D eigenvalue weighted by atomic mass is 32.2. The monoisotopic (exact) mass is 407 g/mol. The van der Waals surface area contributed by atoms with Crippen molar-refractivity contribution in [2.75, 3.05) is 18.8 Å². The van der Waals surface area contributed by atoms with Crippen molar-refractivity contribution < 1.29 is 18.1 Å². The zero-order chi connectivity index (χ0) is 20.3. The van der Waals surface area contributed by atoms with Crippen LogP contribution in [-0.2, 0) is 10.0 Å². The second-order valence-electron chi connectivity index (χ2n) is 6.60. The SMILES string of the molecule is CCCS(=O)(=O)N[C@@H]1CCN(C(=O)c2ccn(-c3cccc([N+](=O)[O-])c3)n2)C1. The second-order valence-corrected chi connectivity index (χ2v) is 8.47. The number of carbonyl (C=O) groups excluding carboxylic acids is 1. The fourth-order valence-corrected chi connectivity index (χ4v) is 4.47. The Labute approximate surface area is 162 Å². The van der Waals surface area contributed by atoms with Crippen molar-refractivity contribution in [3.8, 4) is 5.69 Å². The van der Waals surface area contributed by atoms with Gasteiger partial charge in [-0.25, -0.2) is 17.8 Å². The van der Waals surface area contributed by atoms with Crippen LogP contribution < -0.4 is 4.72 Å². The number of non-ortho nitro benzene ring substituents is 1. The van der Waals surface area contributed by atoms with Crippen LogP contribution in [0.4, 0.5) is 5.69 Å². The summed E-state index contributed by atoms with van der Waals surface area (Å²) in [6.07, 6.45) is 2.63. The van der Waals surface area contributed by atoms with Gasteiger partial charge in [-0.1, -0.05) is 13.0 Å². The summed E-state index contributed by atoms with van der Waals surface area (Å²) in [7, 11) is -3.33. The minimum atomic E-state index is -3.33. The van der Waals surface area contributed by atoms with Crippen LogP contribution in [0.25, 0.3) is 5.69 Å². The molecule has 28 heavy (non-hydrogen) atoms. The van der Waals surface area contributed by atoms with Gasteiger partial charge in [0, 0.05) is 37.5 Å². The van der Waals surface area contributed by atoms with Crippen molar-refractivity contribution in [2.24, 2.45) is 0 Å². The maximum absolute atomic E-state index is 12.7. The number of carbonyl (C=O) groups is 1. The molecular weight excluding hydrogens is 386 g/mol. The van der Waals surface area contributed by atoms with Gasteiger partial charge in [-0.15, -0.1) is 0 Å². The Morgan fingerprint density at radius 1 is 1.39 bits per heavy atom. The normalized spacial score (nSPS) is 17.0. The Kier molecular flexibility index (Phi) is 5.75. The number of hydrogen-bond donors (Lipinski definition) is 1. The van der Waals surface area contributed by atoms with Crippen LogP contribution in [-0.4, -0.2) is 58.8 Å². The van der Waals surface area contributed by atoms with E-state index in [1.54, 1.807) is 30.2 Å². The van der Waals surface area contributed by atoms with Gasteiger partial charge in [0.15, 0.2) is 5.69 Å². The number of amides is 1. The van der Waals surface area contributed by atoms with E-state index in [-0.39, 0.29) is 35.6 Å². The van der Waals surface area contributed by atoms with E-state index in [1.165, 1.54) is 22.9 Å². The number of nitro benzene ring substituents is 1. The highest BCUT2D eigenvalue weighted by Crippen LogP contribution is 2.18. The maximum Gasteiger partial charge on any atom is 0.274 e. The number of likely N-dealkylation sites (tertiary alicyclic amines) is 1. The molecule has 3 rings (SSSR count). The first kappa shape index (κ1) is 20.0. The molecule has 1 saturated heterocycles.